The zero-order valence-electron chi connectivity index (χ0n) is 19.9. The van der Waals surface area contributed by atoms with Crippen LogP contribution in [0.15, 0.2) is 46.3 Å². The van der Waals surface area contributed by atoms with Crippen molar-refractivity contribution in [1.82, 2.24) is 19.4 Å². The highest BCUT2D eigenvalue weighted by molar-refractivity contribution is 8.13. The molecule has 0 spiro atoms. The van der Waals surface area contributed by atoms with Gasteiger partial charge in [-0.05, 0) is 57.7 Å². The van der Waals surface area contributed by atoms with Gasteiger partial charge in [-0.3, -0.25) is 9.36 Å². The Hall–Kier alpha value is -2.52. The molecule has 1 aliphatic rings. The zero-order chi connectivity index (χ0) is 24.0. The first kappa shape index (κ1) is 25.1. The number of rotatable bonds is 9. The summed E-state index contributed by atoms with van der Waals surface area (Å²) in [5, 5.41) is 0.508. The lowest BCUT2D eigenvalue weighted by Crippen LogP contribution is -2.43. The summed E-state index contributed by atoms with van der Waals surface area (Å²) in [6.45, 7) is 8.82. The van der Waals surface area contributed by atoms with Crippen molar-refractivity contribution in [2.75, 3.05) is 39.5 Å². The normalized spacial score (nSPS) is 16.5. The van der Waals surface area contributed by atoms with Crippen LogP contribution >= 0.6 is 11.8 Å². The first-order chi connectivity index (χ1) is 15.8. The van der Waals surface area contributed by atoms with E-state index in [1.54, 1.807) is 0 Å². The minimum Gasteiger partial charge on any atom is -0.378 e. The summed E-state index contributed by atoms with van der Waals surface area (Å²) >= 11 is 1.40. The van der Waals surface area contributed by atoms with Gasteiger partial charge in [-0.15, -0.1) is 0 Å². The number of carbonyl (C=O) groups is 1. The molecule has 9 heteroatoms. The molecule has 33 heavy (non-hydrogen) atoms. The second-order valence-electron chi connectivity index (χ2n) is 8.73. The average molecular weight is 473 g/mol. The minimum absolute atomic E-state index is 0.00663. The third kappa shape index (κ3) is 6.29. The number of aliphatic imine (C=N–C) groups is 1. The number of aromatic amines is 1. The molecule has 2 aromatic rings. The number of nitrogens with two attached hydrogens (primary N) is 1. The highest BCUT2D eigenvalue weighted by Crippen LogP contribution is 2.26. The summed E-state index contributed by atoms with van der Waals surface area (Å²) in [4.78, 5) is 37.0. The third-order valence-electron chi connectivity index (χ3n) is 6.40. The molecule has 0 saturated carbocycles. The van der Waals surface area contributed by atoms with Gasteiger partial charge in [0.2, 0.25) is 5.91 Å². The van der Waals surface area contributed by atoms with Gasteiger partial charge in [0.15, 0.2) is 5.17 Å². The van der Waals surface area contributed by atoms with Crippen LogP contribution in [-0.2, 0) is 4.79 Å². The fourth-order valence-corrected chi connectivity index (χ4v) is 4.77. The Morgan fingerprint density at radius 1 is 1.36 bits per heavy atom. The standard InChI is InChI=1S/C24H36N6O2S/c1-5-18(10-13-28(3)16-17(2)26-23(25)33-4)22(31)29-14-11-19(12-15-29)30-21-9-7-6-8-20(21)27-24(30)32/h6-9,18-19H,2,5,10-16H2,1,3-4H3,(H2,25,26)(H,27,32). The van der Waals surface area contributed by atoms with Gasteiger partial charge in [-0.1, -0.05) is 37.4 Å². The SMILES string of the molecule is C=C(CN(C)CCC(CC)C(=O)N1CCC(n2c(=O)[nH]c3ccccc32)CC1)N=C(N)SC. The van der Waals surface area contributed by atoms with Crippen LogP contribution in [0.25, 0.3) is 11.0 Å². The van der Waals surface area contributed by atoms with E-state index >= 15 is 0 Å². The second-order valence-corrected chi connectivity index (χ2v) is 9.55. The molecule has 1 atom stereocenters. The predicted molar refractivity (Wildman–Crippen MR) is 138 cm³/mol. The molecule has 0 radical (unpaired) electrons. The summed E-state index contributed by atoms with van der Waals surface area (Å²) in [7, 11) is 2.01. The molecule has 1 unspecified atom stereocenters. The van der Waals surface area contributed by atoms with Crippen molar-refractivity contribution >= 4 is 33.9 Å². The van der Waals surface area contributed by atoms with Crippen LogP contribution in [0, 0.1) is 5.92 Å². The number of amidine groups is 1. The Morgan fingerprint density at radius 3 is 2.73 bits per heavy atom. The summed E-state index contributed by atoms with van der Waals surface area (Å²) in [6.07, 6.45) is 5.07. The Bertz CT molecular complexity index is 1050. The van der Waals surface area contributed by atoms with Gasteiger partial charge in [-0.25, -0.2) is 9.79 Å². The molecule has 1 aliphatic heterocycles. The molecule has 8 nitrogen and oxygen atoms in total. The number of imidazole rings is 1. The number of likely N-dealkylation sites (N-methyl/N-ethyl adjacent to an activating group) is 1. The van der Waals surface area contributed by atoms with E-state index in [-0.39, 0.29) is 23.6 Å². The maximum absolute atomic E-state index is 13.2. The quantitative estimate of drug-likeness (QED) is 0.432. The number of carbonyl (C=O) groups excluding carboxylic acids is 1. The molecule has 3 rings (SSSR count). The minimum atomic E-state index is -0.0688. The number of hydrogen-bond acceptors (Lipinski definition) is 5. The number of H-pyrrole nitrogens is 1. The number of hydrogen-bond donors (Lipinski definition) is 2. The van der Waals surface area contributed by atoms with E-state index in [4.69, 9.17) is 5.73 Å². The summed E-state index contributed by atoms with van der Waals surface area (Å²) in [5.41, 5.74) is 8.21. The Kier molecular flexibility index (Phi) is 8.80. The smallest absolute Gasteiger partial charge is 0.326 e. The van der Waals surface area contributed by atoms with Gasteiger partial charge in [0.05, 0.1) is 16.7 Å². The van der Waals surface area contributed by atoms with Crippen molar-refractivity contribution in [2.24, 2.45) is 16.6 Å². The van der Waals surface area contributed by atoms with Crippen LogP contribution in [0.4, 0.5) is 0 Å². The number of amides is 1. The number of nitrogens with zero attached hydrogens (tertiary/aromatic N) is 4. The number of likely N-dealkylation sites (tertiary alicyclic amines) is 1. The number of thioether (sulfide) groups is 1. The Balaban J connectivity index is 1.53. The van der Waals surface area contributed by atoms with Crippen LogP contribution < -0.4 is 11.4 Å². The maximum Gasteiger partial charge on any atom is 0.326 e. The maximum atomic E-state index is 13.2. The van der Waals surface area contributed by atoms with Gasteiger partial charge in [0.25, 0.3) is 0 Å². The molecular formula is C24H36N6O2S. The van der Waals surface area contributed by atoms with Gasteiger partial charge in [0, 0.05) is 31.6 Å². The number of fused-ring (bicyclic) bond motifs is 1. The van der Waals surface area contributed by atoms with Crippen molar-refractivity contribution in [3.05, 3.63) is 47.0 Å². The molecule has 1 amide bonds. The van der Waals surface area contributed by atoms with Crippen molar-refractivity contribution in [1.29, 1.82) is 0 Å². The van der Waals surface area contributed by atoms with E-state index in [2.05, 4.69) is 28.4 Å². The number of nitrogens with one attached hydrogen (secondary N) is 1. The number of benzene rings is 1. The Morgan fingerprint density at radius 2 is 2.06 bits per heavy atom. The lowest BCUT2D eigenvalue weighted by atomic mass is 9.97. The van der Waals surface area contributed by atoms with Crippen LogP contribution in [0.2, 0.25) is 0 Å². The molecule has 1 aromatic heterocycles. The van der Waals surface area contributed by atoms with Crippen LogP contribution in [0.1, 0.15) is 38.6 Å². The van der Waals surface area contributed by atoms with Crippen molar-refractivity contribution in [3.8, 4) is 0 Å². The largest absolute Gasteiger partial charge is 0.378 e. The first-order valence-electron chi connectivity index (χ1n) is 11.6. The van der Waals surface area contributed by atoms with E-state index in [9.17, 15) is 9.59 Å². The van der Waals surface area contributed by atoms with Gasteiger partial charge in [-0.2, -0.15) is 0 Å². The third-order valence-corrected chi connectivity index (χ3v) is 6.91. The highest BCUT2D eigenvalue weighted by Gasteiger charge is 2.29. The number of para-hydroxylation sites is 2. The molecular weight excluding hydrogens is 436 g/mol. The lowest BCUT2D eigenvalue weighted by molar-refractivity contribution is -0.137. The van der Waals surface area contributed by atoms with Crippen LogP contribution in [0.5, 0.6) is 0 Å². The lowest BCUT2D eigenvalue weighted by Gasteiger charge is -2.35. The molecule has 2 heterocycles. The topological polar surface area (TPSA) is 99.7 Å². The van der Waals surface area contributed by atoms with Gasteiger partial charge in [0.1, 0.15) is 0 Å². The van der Waals surface area contributed by atoms with E-state index in [0.717, 1.165) is 49.0 Å². The first-order valence-corrected chi connectivity index (χ1v) is 12.8. The van der Waals surface area contributed by atoms with Gasteiger partial charge < -0.3 is 20.5 Å². The van der Waals surface area contributed by atoms with Crippen molar-refractivity contribution in [3.63, 3.8) is 0 Å². The molecule has 1 aromatic carbocycles. The second kappa shape index (κ2) is 11.6. The van der Waals surface area contributed by atoms with E-state index in [0.29, 0.717) is 24.8 Å². The molecule has 0 bridgehead atoms. The summed E-state index contributed by atoms with van der Waals surface area (Å²) < 4.78 is 1.86. The predicted octanol–water partition coefficient (Wildman–Crippen LogP) is 3.03. The van der Waals surface area contributed by atoms with Crippen LogP contribution in [0.3, 0.4) is 0 Å². The van der Waals surface area contributed by atoms with Gasteiger partial charge >= 0.3 is 5.69 Å². The summed E-state index contributed by atoms with van der Waals surface area (Å²) in [6, 6.07) is 7.89. The Labute approximate surface area is 199 Å². The molecule has 1 saturated heterocycles. The fourth-order valence-electron chi connectivity index (χ4n) is 4.55. The number of aromatic nitrogens is 2. The monoisotopic (exact) mass is 472 g/mol. The number of piperidine rings is 1. The van der Waals surface area contributed by atoms with Crippen LogP contribution in [-0.4, -0.2) is 69.9 Å². The molecule has 1 fully saturated rings. The van der Waals surface area contributed by atoms with Crippen molar-refractivity contribution in [2.45, 2.75) is 38.6 Å². The molecule has 3 N–H and O–H groups in total. The van der Waals surface area contributed by atoms with E-state index in [1.165, 1.54) is 11.8 Å². The van der Waals surface area contributed by atoms with Crippen molar-refractivity contribution < 1.29 is 4.79 Å². The van der Waals surface area contributed by atoms with E-state index in [1.807, 2.05) is 47.0 Å². The summed E-state index contributed by atoms with van der Waals surface area (Å²) in [5.74, 6) is 0.215. The fraction of sp³-hybridized carbons (Fsp3) is 0.542. The zero-order valence-corrected chi connectivity index (χ0v) is 20.7. The average Bonchev–Trinajstić information content (AvgIpc) is 3.14. The molecule has 0 aliphatic carbocycles. The van der Waals surface area contributed by atoms with E-state index < -0.39 is 0 Å². The highest BCUT2D eigenvalue weighted by atomic mass is 32.2. The molecule has 180 valence electrons.